The second-order valence-corrected chi connectivity index (χ2v) is 5.47. The summed E-state index contributed by atoms with van der Waals surface area (Å²) < 4.78 is 11.4. The van der Waals surface area contributed by atoms with E-state index >= 15 is 0 Å². The fraction of sp³-hybridized carbons (Fsp3) is 0.500. The summed E-state index contributed by atoms with van der Waals surface area (Å²) in [7, 11) is 3.21. The molecule has 5 nitrogen and oxygen atoms in total. The summed E-state index contributed by atoms with van der Waals surface area (Å²) in [5.41, 5.74) is 0.954. The lowest BCUT2D eigenvalue weighted by molar-refractivity contribution is -0.140. The third kappa shape index (κ3) is 3.38. The number of piperazine rings is 1. The summed E-state index contributed by atoms with van der Waals surface area (Å²) in [6, 6.07) is 7.45. The van der Waals surface area contributed by atoms with Crippen LogP contribution in [0, 0.1) is 0 Å². The molecule has 0 aliphatic carbocycles. The van der Waals surface area contributed by atoms with Gasteiger partial charge in [-0.05, 0) is 11.6 Å². The second kappa shape index (κ2) is 7.17. The summed E-state index contributed by atoms with van der Waals surface area (Å²) in [6.45, 7) is 1.95. The van der Waals surface area contributed by atoms with Crippen LogP contribution in [0.15, 0.2) is 28.7 Å². The van der Waals surface area contributed by atoms with Crippen LogP contribution >= 0.6 is 15.9 Å². The first-order chi connectivity index (χ1) is 9.67. The number of hydrogen-bond donors (Lipinski definition) is 1. The number of carbonyl (C=O) groups excluding carboxylic acids is 1. The van der Waals surface area contributed by atoms with Gasteiger partial charge in [0.1, 0.15) is 6.04 Å². The second-order valence-electron chi connectivity index (χ2n) is 4.61. The molecule has 1 atom stereocenters. The molecule has 1 heterocycles. The molecule has 6 heteroatoms. The number of nitrogens with one attached hydrogen (secondary N) is 1. The zero-order chi connectivity index (χ0) is 14.5. The zero-order valence-corrected chi connectivity index (χ0v) is 13.2. The largest absolute Gasteiger partial charge is 0.355 e. The molecular formula is C14H19BrN2O3. The van der Waals surface area contributed by atoms with Crippen molar-refractivity contribution in [1.29, 1.82) is 0 Å². The van der Waals surface area contributed by atoms with Crippen LogP contribution in [-0.4, -0.2) is 51.0 Å². The monoisotopic (exact) mass is 342 g/mol. The smallest absolute Gasteiger partial charge is 0.242 e. The molecule has 1 fully saturated rings. The number of carbonyl (C=O) groups is 1. The maximum absolute atomic E-state index is 12.3. The van der Waals surface area contributed by atoms with E-state index in [4.69, 9.17) is 9.47 Å². The van der Waals surface area contributed by atoms with Crippen molar-refractivity contribution >= 4 is 21.8 Å². The average molecular weight is 343 g/mol. The van der Waals surface area contributed by atoms with Crippen molar-refractivity contribution < 1.29 is 14.3 Å². The summed E-state index contributed by atoms with van der Waals surface area (Å²) >= 11 is 3.52. The SMILES string of the molecule is COC(CN1CCNC(=O)C1c1ccccc1Br)OC. The first kappa shape index (κ1) is 15.4. The van der Waals surface area contributed by atoms with E-state index in [2.05, 4.69) is 26.1 Å². The van der Waals surface area contributed by atoms with Gasteiger partial charge >= 0.3 is 0 Å². The molecule has 110 valence electrons. The minimum atomic E-state index is -0.342. The Hall–Kier alpha value is -0.950. The predicted octanol–water partition coefficient (Wildman–Crippen LogP) is 1.54. The van der Waals surface area contributed by atoms with Gasteiger partial charge in [0.2, 0.25) is 5.91 Å². The van der Waals surface area contributed by atoms with Gasteiger partial charge in [-0.2, -0.15) is 0 Å². The maximum Gasteiger partial charge on any atom is 0.242 e. The molecule has 1 aliphatic heterocycles. The Bertz CT molecular complexity index is 465. The van der Waals surface area contributed by atoms with Crippen LogP contribution in [0.3, 0.4) is 0 Å². The molecule has 0 bridgehead atoms. The Morgan fingerprint density at radius 2 is 2.10 bits per heavy atom. The highest BCUT2D eigenvalue weighted by Crippen LogP contribution is 2.29. The molecule has 2 rings (SSSR count). The summed E-state index contributed by atoms with van der Waals surface area (Å²) in [5.74, 6) is 0.00843. The van der Waals surface area contributed by atoms with Gasteiger partial charge in [-0.1, -0.05) is 34.1 Å². The molecule has 1 saturated heterocycles. The molecule has 1 amide bonds. The molecule has 1 aliphatic rings. The molecule has 0 spiro atoms. The van der Waals surface area contributed by atoms with Gasteiger partial charge in [0, 0.05) is 31.8 Å². The lowest BCUT2D eigenvalue weighted by atomic mass is 10.0. The average Bonchev–Trinajstić information content (AvgIpc) is 2.46. The minimum absolute atomic E-state index is 0.00843. The Labute approximate surface area is 127 Å². The highest BCUT2D eigenvalue weighted by Gasteiger charge is 2.33. The van der Waals surface area contributed by atoms with Crippen LogP contribution in [-0.2, 0) is 14.3 Å². The summed E-state index contributed by atoms with van der Waals surface area (Å²) in [6.07, 6.45) is -0.342. The lowest BCUT2D eigenvalue weighted by Gasteiger charge is -2.37. The number of methoxy groups -OCH3 is 2. The van der Waals surface area contributed by atoms with Crippen molar-refractivity contribution in [3.63, 3.8) is 0 Å². The maximum atomic E-state index is 12.3. The number of benzene rings is 1. The van der Waals surface area contributed by atoms with Gasteiger partial charge in [-0.15, -0.1) is 0 Å². The molecule has 1 N–H and O–H groups in total. The van der Waals surface area contributed by atoms with Crippen LogP contribution in [0.5, 0.6) is 0 Å². The number of rotatable bonds is 5. The van der Waals surface area contributed by atoms with E-state index in [-0.39, 0.29) is 18.2 Å². The van der Waals surface area contributed by atoms with Gasteiger partial charge in [-0.3, -0.25) is 9.69 Å². The molecule has 1 aromatic carbocycles. The number of nitrogens with zero attached hydrogens (tertiary/aromatic N) is 1. The highest BCUT2D eigenvalue weighted by atomic mass is 79.9. The predicted molar refractivity (Wildman–Crippen MR) is 79.3 cm³/mol. The van der Waals surface area contributed by atoms with Crippen molar-refractivity contribution in [2.75, 3.05) is 33.9 Å². The summed E-state index contributed by atoms with van der Waals surface area (Å²) in [4.78, 5) is 14.3. The van der Waals surface area contributed by atoms with Crippen LogP contribution in [0.25, 0.3) is 0 Å². The van der Waals surface area contributed by atoms with E-state index in [1.165, 1.54) is 0 Å². The number of ether oxygens (including phenoxy) is 2. The Kier molecular flexibility index (Phi) is 5.54. The van der Waals surface area contributed by atoms with Crippen LogP contribution in [0.2, 0.25) is 0 Å². The molecule has 0 aromatic heterocycles. The van der Waals surface area contributed by atoms with Gasteiger partial charge in [0.25, 0.3) is 0 Å². The van der Waals surface area contributed by atoms with Crippen LogP contribution in [0.1, 0.15) is 11.6 Å². The Balaban J connectivity index is 2.25. The molecule has 20 heavy (non-hydrogen) atoms. The third-order valence-electron chi connectivity index (χ3n) is 3.42. The third-order valence-corrected chi connectivity index (χ3v) is 4.14. The van der Waals surface area contributed by atoms with E-state index in [1.807, 2.05) is 24.3 Å². The van der Waals surface area contributed by atoms with Crippen molar-refractivity contribution in [3.05, 3.63) is 34.3 Å². The fourth-order valence-electron chi connectivity index (χ4n) is 2.38. The Morgan fingerprint density at radius 1 is 1.40 bits per heavy atom. The van der Waals surface area contributed by atoms with Gasteiger partial charge in [0.05, 0.1) is 6.54 Å². The van der Waals surface area contributed by atoms with Crippen molar-refractivity contribution in [2.24, 2.45) is 0 Å². The topological polar surface area (TPSA) is 50.8 Å². The number of amides is 1. The van der Waals surface area contributed by atoms with E-state index < -0.39 is 0 Å². The molecular weight excluding hydrogens is 324 g/mol. The van der Waals surface area contributed by atoms with Crippen molar-refractivity contribution in [2.45, 2.75) is 12.3 Å². The van der Waals surface area contributed by atoms with Gasteiger partial charge in [0.15, 0.2) is 6.29 Å². The van der Waals surface area contributed by atoms with E-state index in [0.29, 0.717) is 13.1 Å². The van der Waals surface area contributed by atoms with E-state index in [9.17, 15) is 4.79 Å². The lowest BCUT2D eigenvalue weighted by Crippen LogP contribution is -2.52. The fourth-order valence-corrected chi connectivity index (χ4v) is 2.88. The first-order valence-corrected chi connectivity index (χ1v) is 7.28. The Morgan fingerprint density at radius 3 is 2.75 bits per heavy atom. The molecule has 1 aromatic rings. The van der Waals surface area contributed by atoms with Gasteiger partial charge < -0.3 is 14.8 Å². The molecule has 0 radical (unpaired) electrons. The number of halogens is 1. The van der Waals surface area contributed by atoms with E-state index in [0.717, 1.165) is 16.6 Å². The molecule has 1 unspecified atom stereocenters. The van der Waals surface area contributed by atoms with Crippen molar-refractivity contribution in [3.8, 4) is 0 Å². The standard InChI is InChI=1S/C14H19BrN2O3/c1-19-12(20-2)9-17-8-7-16-14(18)13(17)10-5-3-4-6-11(10)15/h3-6,12-13H,7-9H2,1-2H3,(H,16,18). The van der Waals surface area contributed by atoms with Crippen LogP contribution in [0.4, 0.5) is 0 Å². The molecule has 0 saturated carbocycles. The van der Waals surface area contributed by atoms with Crippen LogP contribution < -0.4 is 5.32 Å². The number of hydrogen-bond acceptors (Lipinski definition) is 4. The van der Waals surface area contributed by atoms with E-state index in [1.54, 1.807) is 14.2 Å². The first-order valence-electron chi connectivity index (χ1n) is 6.49. The van der Waals surface area contributed by atoms with Crippen molar-refractivity contribution in [1.82, 2.24) is 10.2 Å². The normalized spacial score (nSPS) is 20.2. The minimum Gasteiger partial charge on any atom is -0.355 e. The zero-order valence-electron chi connectivity index (χ0n) is 11.6. The van der Waals surface area contributed by atoms with Gasteiger partial charge in [-0.25, -0.2) is 0 Å². The summed E-state index contributed by atoms with van der Waals surface area (Å²) in [5, 5.41) is 2.91. The quantitative estimate of drug-likeness (QED) is 0.824. The highest BCUT2D eigenvalue weighted by molar-refractivity contribution is 9.10.